The number of hydrogen-bond acceptors (Lipinski definition) is 3. The number of nitrogens with zero attached hydrogens (tertiary/aromatic N) is 1. The maximum absolute atomic E-state index is 12.7. The van der Waals surface area contributed by atoms with Gasteiger partial charge in [0.05, 0.1) is 16.1 Å². The van der Waals surface area contributed by atoms with Crippen molar-refractivity contribution in [1.29, 1.82) is 0 Å². The number of benzene rings is 3. The Hall–Kier alpha value is -3.11. The molecule has 0 saturated carbocycles. The van der Waals surface area contributed by atoms with Crippen LogP contribution in [0.4, 0.5) is 5.69 Å². The smallest absolute Gasteiger partial charge is 0.255 e. The van der Waals surface area contributed by atoms with Gasteiger partial charge in [0.1, 0.15) is 5.52 Å². The first kappa shape index (κ1) is 17.3. The van der Waals surface area contributed by atoms with Gasteiger partial charge in [-0.25, -0.2) is 0 Å². The fourth-order valence-electron chi connectivity index (χ4n) is 2.99. The number of anilines is 1. The molecule has 0 aliphatic heterocycles. The van der Waals surface area contributed by atoms with Gasteiger partial charge in [-0.2, -0.15) is 0 Å². The standard InChI is InChI=1S/C22H17ClN2O2/c1-13-4-3-5-15(10-13)21-17-12-16(7-9-19(17)25-27-21)22(26)24-20-8-6-14(2)11-18(20)23/h3-12H,1-2H3,(H,24,26). The zero-order valence-electron chi connectivity index (χ0n) is 14.9. The number of amides is 1. The Kier molecular flexibility index (Phi) is 4.42. The minimum absolute atomic E-state index is 0.237. The lowest BCUT2D eigenvalue weighted by molar-refractivity contribution is 0.102. The number of hydrogen-bond donors (Lipinski definition) is 1. The van der Waals surface area contributed by atoms with Gasteiger partial charge in [0.2, 0.25) is 0 Å². The molecule has 4 nitrogen and oxygen atoms in total. The molecule has 5 heteroatoms. The number of nitrogens with one attached hydrogen (secondary N) is 1. The summed E-state index contributed by atoms with van der Waals surface area (Å²) in [5.74, 6) is 0.413. The topological polar surface area (TPSA) is 55.1 Å². The van der Waals surface area contributed by atoms with E-state index in [2.05, 4.69) is 10.5 Å². The van der Waals surface area contributed by atoms with Crippen molar-refractivity contribution in [3.8, 4) is 11.3 Å². The molecule has 0 aliphatic carbocycles. The van der Waals surface area contributed by atoms with Gasteiger partial charge in [0, 0.05) is 11.1 Å². The highest BCUT2D eigenvalue weighted by Crippen LogP contribution is 2.30. The van der Waals surface area contributed by atoms with Gasteiger partial charge in [0.15, 0.2) is 5.76 Å². The number of rotatable bonds is 3. The second-order valence-electron chi connectivity index (χ2n) is 6.55. The molecule has 0 spiro atoms. The predicted octanol–water partition coefficient (Wildman–Crippen LogP) is 6.02. The largest absolute Gasteiger partial charge is 0.355 e. The van der Waals surface area contributed by atoms with Crippen LogP contribution in [0.3, 0.4) is 0 Å². The van der Waals surface area contributed by atoms with E-state index in [-0.39, 0.29) is 5.91 Å². The Balaban J connectivity index is 1.70. The van der Waals surface area contributed by atoms with Crippen molar-refractivity contribution >= 4 is 34.1 Å². The Morgan fingerprint density at radius 2 is 1.81 bits per heavy atom. The molecule has 4 rings (SSSR count). The Bertz CT molecular complexity index is 1160. The van der Waals surface area contributed by atoms with Gasteiger partial charge in [-0.3, -0.25) is 4.79 Å². The molecule has 0 atom stereocenters. The highest BCUT2D eigenvalue weighted by Gasteiger charge is 2.15. The van der Waals surface area contributed by atoms with Gasteiger partial charge in [-0.1, -0.05) is 46.6 Å². The van der Waals surface area contributed by atoms with E-state index in [0.29, 0.717) is 27.6 Å². The third-order valence-corrected chi connectivity index (χ3v) is 4.70. The van der Waals surface area contributed by atoms with Crippen LogP contribution in [0.5, 0.6) is 0 Å². The maximum atomic E-state index is 12.7. The Morgan fingerprint density at radius 3 is 2.59 bits per heavy atom. The molecular weight excluding hydrogens is 360 g/mol. The van der Waals surface area contributed by atoms with Crippen molar-refractivity contribution in [3.63, 3.8) is 0 Å². The normalized spacial score (nSPS) is 10.9. The van der Waals surface area contributed by atoms with Gasteiger partial charge >= 0.3 is 0 Å². The highest BCUT2D eigenvalue weighted by atomic mass is 35.5. The molecule has 27 heavy (non-hydrogen) atoms. The van der Waals surface area contributed by atoms with Gasteiger partial charge in [0.25, 0.3) is 5.91 Å². The van der Waals surface area contributed by atoms with Crippen molar-refractivity contribution < 1.29 is 9.32 Å². The average Bonchev–Trinajstić information content (AvgIpc) is 3.07. The van der Waals surface area contributed by atoms with Crippen LogP contribution in [0, 0.1) is 13.8 Å². The van der Waals surface area contributed by atoms with Crippen molar-refractivity contribution in [3.05, 3.63) is 82.4 Å². The van der Waals surface area contributed by atoms with Crippen molar-refractivity contribution in [2.75, 3.05) is 5.32 Å². The zero-order chi connectivity index (χ0) is 19.0. The van der Waals surface area contributed by atoms with E-state index in [1.165, 1.54) is 0 Å². The molecule has 0 unspecified atom stereocenters. The Morgan fingerprint density at radius 1 is 1.00 bits per heavy atom. The third kappa shape index (κ3) is 3.44. The van der Waals surface area contributed by atoms with Crippen LogP contribution in [-0.4, -0.2) is 11.1 Å². The predicted molar refractivity (Wildman–Crippen MR) is 108 cm³/mol. The van der Waals surface area contributed by atoms with E-state index >= 15 is 0 Å². The van der Waals surface area contributed by atoms with Crippen LogP contribution in [0.25, 0.3) is 22.2 Å². The molecular formula is C22H17ClN2O2. The molecule has 0 aliphatic rings. The molecule has 4 aromatic rings. The molecule has 1 heterocycles. The number of halogens is 1. The lowest BCUT2D eigenvalue weighted by Gasteiger charge is -2.08. The number of aryl methyl sites for hydroxylation is 2. The first-order chi connectivity index (χ1) is 13.0. The SMILES string of the molecule is Cc1cccc(-c2onc3ccc(C(=O)Nc4ccc(C)cc4Cl)cc23)c1. The molecule has 1 aromatic heterocycles. The number of carbonyl (C=O) groups excluding carboxylic acids is 1. The first-order valence-corrected chi connectivity index (χ1v) is 8.93. The summed E-state index contributed by atoms with van der Waals surface area (Å²) in [6.07, 6.45) is 0. The van der Waals surface area contributed by atoms with Crippen LogP contribution < -0.4 is 5.32 Å². The number of fused-ring (bicyclic) bond motifs is 1. The van der Waals surface area contributed by atoms with E-state index in [0.717, 1.165) is 22.1 Å². The average molecular weight is 377 g/mol. The van der Waals surface area contributed by atoms with Crippen molar-refractivity contribution in [2.45, 2.75) is 13.8 Å². The molecule has 134 valence electrons. The summed E-state index contributed by atoms with van der Waals surface area (Å²) < 4.78 is 5.54. The molecule has 1 N–H and O–H groups in total. The van der Waals surface area contributed by atoms with Crippen LogP contribution in [0.15, 0.2) is 65.2 Å². The summed E-state index contributed by atoms with van der Waals surface area (Å²) in [5, 5.41) is 8.27. The lowest BCUT2D eigenvalue weighted by atomic mass is 10.0. The van der Waals surface area contributed by atoms with Gasteiger partial charge in [-0.15, -0.1) is 0 Å². The lowest BCUT2D eigenvalue weighted by Crippen LogP contribution is -2.12. The maximum Gasteiger partial charge on any atom is 0.255 e. The van der Waals surface area contributed by atoms with E-state index < -0.39 is 0 Å². The summed E-state index contributed by atoms with van der Waals surface area (Å²) in [6.45, 7) is 3.97. The number of aromatic nitrogens is 1. The summed E-state index contributed by atoms with van der Waals surface area (Å²) in [4.78, 5) is 12.7. The van der Waals surface area contributed by atoms with E-state index in [1.54, 1.807) is 24.3 Å². The van der Waals surface area contributed by atoms with Crippen LogP contribution in [0.2, 0.25) is 5.02 Å². The molecule has 0 saturated heterocycles. The molecule has 0 fully saturated rings. The summed E-state index contributed by atoms with van der Waals surface area (Å²) >= 11 is 6.22. The highest BCUT2D eigenvalue weighted by molar-refractivity contribution is 6.34. The van der Waals surface area contributed by atoms with E-state index in [4.69, 9.17) is 16.1 Å². The fraction of sp³-hybridized carbons (Fsp3) is 0.0909. The number of carbonyl (C=O) groups is 1. The van der Waals surface area contributed by atoms with Crippen LogP contribution in [-0.2, 0) is 0 Å². The van der Waals surface area contributed by atoms with Gasteiger partial charge < -0.3 is 9.84 Å². The summed E-state index contributed by atoms with van der Waals surface area (Å²) in [5.41, 5.74) is 4.88. The molecule has 1 amide bonds. The minimum Gasteiger partial charge on any atom is -0.355 e. The summed E-state index contributed by atoms with van der Waals surface area (Å²) in [7, 11) is 0. The molecule has 3 aromatic carbocycles. The molecule has 0 radical (unpaired) electrons. The monoisotopic (exact) mass is 376 g/mol. The van der Waals surface area contributed by atoms with Gasteiger partial charge in [-0.05, 0) is 55.8 Å². The zero-order valence-corrected chi connectivity index (χ0v) is 15.7. The molecule has 0 bridgehead atoms. The quantitative estimate of drug-likeness (QED) is 0.475. The third-order valence-electron chi connectivity index (χ3n) is 4.39. The second kappa shape index (κ2) is 6.89. The summed E-state index contributed by atoms with van der Waals surface area (Å²) in [6, 6.07) is 18.8. The van der Waals surface area contributed by atoms with Crippen molar-refractivity contribution in [2.24, 2.45) is 0 Å². The second-order valence-corrected chi connectivity index (χ2v) is 6.96. The van der Waals surface area contributed by atoms with E-state index in [9.17, 15) is 4.79 Å². The first-order valence-electron chi connectivity index (χ1n) is 8.55. The Labute approximate surface area is 161 Å². The van der Waals surface area contributed by atoms with Crippen molar-refractivity contribution in [1.82, 2.24) is 5.16 Å². The van der Waals surface area contributed by atoms with Crippen LogP contribution >= 0.6 is 11.6 Å². The minimum atomic E-state index is -0.237. The van der Waals surface area contributed by atoms with E-state index in [1.807, 2.05) is 50.2 Å². The fourth-order valence-corrected chi connectivity index (χ4v) is 3.28. The van der Waals surface area contributed by atoms with Crippen LogP contribution in [0.1, 0.15) is 21.5 Å².